The topological polar surface area (TPSA) is 21.8 Å². The van der Waals surface area contributed by atoms with Crippen molar-refractivity contribution in [3.63, 3.8) is 0 Å². The van der Waals surface area contributed by atoms with Gasteiger partial charge in [0, 0.05) is 12.8 Å². The normalized spacial score (nSPS) is 45.1. The lowest BCUT2D eigenvalue weighted by Crippen LogP contribution is -2.26. The molecule has 2 nitrogen and oxygen atoms in total. The van der Waals surface area contributed by atoms with E-state index in [0.29, 0.717) is 6.10 Å². The molecule has 0 aromatic carbocycles. The molecule has 2 atom stereocenters. The van der Waals surface area contributed by atoms with Crippen molar-refractivity contribution in [1.82, 2.24) is 0 Å². The first-order chi connectivity index (χ1) is 5.42. The number of epoxide rings is 1. The van der Waals surface area contributed by atoms with Crippen molar-refractivity contribution in [2.75, 3.05) is 6.61 Å². The fraction of sp³-hybridized carbons (Fsp3) is 0.556. The molecule has 3 aliphatic rings. The summed E-state index contributed by atoms with van der Waals surface area (Å²) in [6.07, 6.45) is 8.74. The lowest BCUT2D eigenvalue weighted by Gasteiger charge is -2.22. The molecule has 0 N–H and O–H groups in total. The average molecular weight is 150 g/mol. The van der Waals surface area contributed by atoms with Gasteiger partial charge in [0.2, 0.25) is 0 Å². The molecule has 0 radical (unpaired) electrons. The second-order valence-corrected chi connectivity index (χ2v) is 3.30. The monoisotopic (exact) mass is 150 g/mol. The van der Waals surface area contributed by atoms with E-state index < -0.39 is 0 Å². The molecule has 0 bridgehead atoms. The van der Waals surface area contributed by atoms with E-state index in [0.717, 1.165) is 25.2 Å². The predicted molar refractivity (Wildman–Crippen MR) is 40.0 cm³/mol. The quantitative estimate of drug-likeness (QED) is 0.487. The summed E-state index contributed by atoms with van der Waals surface area (Å²) >= 11 is 0. The first-order valence-electron chi connectivity index (χ1n) is 4.10. The minimum absolute atomic E-state index is 0.00694. The Bertz CT molecular complexity index is 254. The van der Waals surface area contributed by atoms with Crippen LogP contribution < -0.4 is 0 Å². The third-order valence-corrected chi connectivity index (χ3v) is 2.67. The Hall–Kier alpha value is -0.760. The van der Waals surface area contributed by atoms with Crippen molar-refractivity contribution in [1.29, 1.82) is 0 Å². The number of ether oxygens (including phenoxy) is 2. The van der Waals surface area contributed by atoms with E-state index in [1.54, 1.807) is 0 Å². The van der Waals surface area contributed by atoms with Gasteiger partial charge in [0.05, 0.1) is 12.7 Å². The van der Waals surface area contributed by atoms with Crippen molar-refractivity contribution >= 4 is 0 Å². The van der Waals surface area contributed by atoms with Crippen LogP contribution >= 0.6 is 0 Å². The zero-order valence-corrected chi connectivity index (χ0v) is 6.25. The lowest BCUT2D eigenvalue weighted by atomic mass is 9.91. The molecular formula is C9H10O2. The van der Waals surface area contributed by atoms with Crippen LogP contribution in [0.5, 0.6) is 0 Å². The van der Waals surface area contributed by atoms with Gasteiger partial charge < -0.3 is 9.47 Å². The SMILES string of the molecule is C1=CCC23OC2CCOC3=C1. The van der Waals surface area contributed by atoms with E-state index in [1.807, 2.05) is 12.2 Å². The zero-order valence-electron chi connectivity index (χ0n) is 6.25. The fourth-order valence-corrected chi connectivity index (χ4v) is 1.99. The summed E-state index contributed by atoms with van der Waals surface area (Å²) in [5, 5.41) is 0. The molecule has 2 heterocycles. The summed E-state index contributed by atoms with van der Waals surface area (Å²) in [7, 11) is 0. The van der Waals surface area contributed by atoms with Gasteiger partial charge >= 0.3 is 0 Å². The maximum Gasteiger partial charge on any atom is 0.155 e. The van der Waals surface area contributed by atoms with E-state index in [4.69, 9.17) is 9.47 Å². The Balaban J connectivity index is 2.01. The molecule has 3 rings (SSSR count). The molecule has 0 saturated carbocycles. The number of hydrogen-bond donors (Lipinski definition) is 0. The van der Waals surface area contributed by atoms with Crippen LogP contribution in [0.4, 0.5) is 0 Å². The highest BCUT2D eigenvalue weighted by atomic mass is 16.6. The summed E-state index contributed by atoms with van der Waals surface area (Å²) in [4.78, 5) is 0. The number of allylic oxidation sites excluding steroid dienone is 2. The summed E-state index contributed by atoms with van der Waals surface area (Å²) in [5.41, 5.74) is -0.00694. The summed E-state index contributed by atoms with van der Waals surface area (Å²) in [6.45, 7) is 0.825. The summed E-state index contributed by atoms with van der Waals surface area (Å²) in [5.74, 6) is 1.05. The minimum atomic E-state index is -0.00694. The molecular weight excluding hydrogens is 140 g/mol. The van der Waals surface area contributed by atoms with Crippen LogP contribution in [0.1, 0.15) is 12.8 Å². The maximum absolute atomic E-state index is 5.62. The first-order valence-corrected chi connectivity index (χ1v) is 4.10. The Morgan fingerprint density at radius 1 is 1.55 bits per heavy atom. The Morgan fingerprint density at radius 3 is 3.45 bits per heavy atom. The molecule has 2 unspecified atom stereocenters. The van der Waals surface area contributed by atoms with Crippen molar-refractivity contribution < 1.29 is 9.47 Å². The van der Waals surface area contributed by atoms with Gasteiger partial charge in [-0.1, -0.05) is 12.2 Å². The molecule has 58 valence electrons. The highest BCUT2D eigenvalue weighted by Gasteiger charge is 2.61. The third-order valence-electron chi connectivity index (χ3n) is 2.67. The van der Waals surface area contributed by atoms with Gasteiger partial charge in [-0.25, -0.2) is 0 Å². The minimum Gasteiger partial charge on any atom is -0.495 e. The fourth-order valence-electron chi connectivity index (χ4n) is 1.99. The first kappa shape index (κ1) is 5.84. The van der Waals surface area contributed by atoms with Gasteiger partial charge in [0.25, 0.3) is 0 Å². The largest absolute Gasteiger partial charge is 0.495 e. The number of hydrogen-bond acceptors (Lipinski definition) is 2. The van der Waals surface area contributed by atoms with Crippen LogP contribution in [0.25, 0.3) is 0 Å². The van der Waals surface area contributed by atoms with Crippen molar-refractivity contribution in [3.8, 4) is 0 Å². The van der Waals surface area contributed by atoms with Crippen molar-refractivity contribution in [3.05, 3.63) is 24.0 Å². The lowest BCUT2D eigenvalue weighted by molar-refractivity contribution is 0.148. The van der Waals surface area contributed by atoms with Crippen LogP contribution in [0.2, 0.25) is 0 Å². The zero-order chi connectivity index (χ0) is 7.31. The van der Waals surface area contributed by atoms with Crippen LogP contribution in [-0.4, -0.2) is 18.3 Å². The highest BCUT2D eigenvalue weighted by Crippen LogP contribution is 2.52. The summed E-state index contributed by atoms with van der Waals surface area (Å²) < 4.78 is 11.1. The van der Waals surface area contributed by atoms with Gasteiger partial charge in [-0.15, -0.1) is 0 Å². The van der Waals surface area contributed by atoms with Gasteiger partial charge in [0.15, 0.2) is 5.60 Å². The molecule has 0 aromatic rings. The van der Waals surface area contributed by atoms with Crippen LogP contribution in [0, 0.1) is 0 Å². The molecule has 2 heteroatoms. The molecule has 2 saturated heterocycles. The van der Waals surface area contributed by atoms with Crippen molar-refractivity contribution in [2.45, 2.75) is 24.5 Å². The number of rotatable bonds is 0. The van der Waals surface area contributed by atoms with Gasteiger partial charge in [-0.05, 0) is 6.08 Å². The Kier molecular flexibility index (Phi) is 0.899. The predicted octanol–water partition coefficient (Wildman–Crippen LogP) is 1.39. The second kappa shape index (κ2) is 1.69. The van der Waals surface area contributed by atoms with Crippen LogP contribution in [0.15, 0.2) is 24.0 Å². The smallest absolute Gasteiger partial charge is 0.155 e. The molecule has 1 aliphatic carbocycles. The highest BCUT2D eigenvalue weighted by molar-refractivity contribution is 5.33. The van der Waals surface area contributed by atoms with Gasteiger partial charge in [-0.3, -0.25) is 0 Å². The summed E-state index contributed by atoms with van der Waals surface area (Å²) in [6, 6.07) is 0. The molecule has 2 aliphatic heterocycles. The molecule has 1 spiro atoms. The molecule has 11 heavy (non-hydrogen) atoms. The van der Waals surface area contributed by atoms with E-state index in [9.17, 15) is 0 Å². The van der Waals surface area contributed by atoms with Crippen LogP contribution in [-0.2, 0) is 9.47 Å². The molecule has 0 amide bonds. The Labute approximate surface area is 65.5 Å². The van der Waals surface area contributed by atoms with Gasteiger partial charge in [0.1, 0.15) is 5.76 Å². The standard InChI is InChI=1S/C9H10O2/c1-2-5-9-7(3-1)10-6-4-8(9)11-9/h1-3,8H,4-6H2. The van der Waals surface area contributed by atoms with Gasteiger partial charge in [-0.2, -0.15) is 0 Å². The Morgan fingerprint density at radius 2 is 2.55 bits per heavy atom. The van der Waals surface area contributed by atoms with E-state index in [1.165, 1.54) is 0 Å². The molecule has 2 fully saturated rings. The van der Waals surface area contributed by atoms with E-state index in [2.05, 4.69) is 6.08 Å². The average Bonchev–Trinajstić information content (AvgIpc) is 2.75. The van der Waals surface area contributed by atoms with E-state index in [-0.39, 0.29) is 5.60 Å². The van der Waals surface area contributed by atoms with Crippen molar-refractivity contribution in [2.24, 2.45) is 0 Å². The third kappa shape index (κ3) is 0.607. The maximum atomic E-state index is 5.62. The molecule has 0 aromatic heterocycles. The van der Waals surface area contributed by atoms with E-state index >= 15 is 0 Å². The second-order valence-electron chi connectivity index (χ2n) is 3.30. The van der Waals surface area contributed by atoms with Crippen LogP contribution in [0.3, 0.4) is 0 Å².